The van der Waals surface area contributed by atoms with Crippen LogP contribution in [0.4, 0.5) is 0 Å². The van der Waals surface area contributed by atoms with E-state index in [9.17, 15) is 14.7 Å². The van der Waals surface area contributed by atoms with Gasteiger partial charge in [-0.1, -0.05) is 11.3 Å². The summed E-state index contributed by atoms with van der Waals surface area (Å²) in [4.78, 5) is 22.9. The highest BCUT2D eigenvalue weighted by molar-refractivity contribution is 6.00. The molecule has 2 aromatic rings. The van der Waals surface area contributed by atoms with Crippen LogP contribution in [0.2, 0.25) is 0 Å². The number of benzene rings is 1. The van der Waals surface area contributed by atoms with Crippen molar-refractivity contribution in [2.45, 2.75) is 38.3 Å². The third-order valence-corrected chi connectivity index (χ3v) is 3.48. The van der Waals surface area contributed by atoms with Crippen molar-refractivity contribution in [2.75, 3.05) is 0 Å². The van der Waals surface area contributed by atoms with Crippen LogP contribution in [0.15, 0.2) is 18.2 Å². The summed E-state index contributed by atoms with van der Waals surface area (Å²) in [7, 11) is 0. The second kappa shape index (κ2) is 5.51. The van der Waals surface area contributed by atoms with Crippen molar-refractivity contribution in [2.24, 2.45) is 0 Å². The number of hydrogen-bond donors (Lipinski definition) is 2. The summed E-state index contributed by atoms with van der Waals surface area (Å²) >= 11 is 0. The standard InChI is InChI=1S/C14H16N4O3/c19-12(15-9-6-7-9)5-2-8-18-13-10(14(20)21)3-1-4-11(13)16-17-18/h1,3-4,9H,2,5-8H2,(H,15,19)(H,20,21). The van der Waals surface area contributed by atoms with E-state index in [-0.39, 0.29) is 11.5 Å². The Bertz CT molecular complexity index is 691. The van der Waals surface area contributed by atoms with Gasteiger partial charge in [0.15, 0.2) is 0 Å². The maximum atomic E-state index is 11.6. The third-order valence-electron chi connectivity index (χ3n) is 3.48. The van der Waals surface area contributed by atoms with Gasteiger partial charge in [0, 0.05) is 19.0 Å². The number of nitrogens with one attached hydrogen (secondary N) is 1. The highest BCUT2D eigenvalue weighted by atomic mass is 16.4. The summed E-state index contributed by atoms with van der Waals surface area (Å²) in [5.41, 5.74) is 1.24. The SMILES string of the molecule is O=C(CCCn1nnc2cccc(C(=O)O)c21)NC1CC1. The van der Waals surface area contributed by atoms with Crippen molar-refractivity contribution >= 4 is 22.9 Å². The molecule has 1 fully saturated rings. The van der Waals surface area contributed by atoms with Crippen LogP contribution >= 0.6 is 0 Å². The number of para-hydroxylation sites is 1. The first-order chi connectivity index (χ1) is 10.1. The number of aromatic nitrogens is 3. The maximum absolute atomic E-state index is 11.6. The Kier molecular flexibility index (Phi) is 3.55. The van der Waals surface area contributed by atoms with E-state index < -0.39 is 5.97 Å². The zero-order valence-electron chi connectivity index (χ0n) is 11.5. The monoisotopic (exact) mass is 288 g/mol. The number of amides is 1. The van der Waals surface area contributed by atoms with E-state index in [0.717, 1.165) is 12.8 Å². The molecule has 0 aliphatic heterocycles. The van der Waals surface area contributed by atoms with E-state index in [2.05, 4.69) is 15.6 Å². The molecule has 110 valence electrons. The van der Waals surface area contributed by atoms with Crippen molar-refractivity contribution < 1.29 is 14.7 Å². The number of carbonyl (C=O) groups excluding carboxylic acids is 1. The van der Waals surface area contributed by atoms with Gasteiger partial charge in [0.25, 0.3) is 0 Å². The molecule has 1 aromatic carbocycles. The van der Waals surface area contributed by atoms with E-state index >= 15 is 0 Å². The summed E-state index contributed by atoms with van der Waals surface area (Å²) in [6.45, 7) is 0.471. The summed E-state index contributed by atoms with van der Waals surface area (Å²) in [6, 6.07) is 5.27. The number of aryl methyl sites for hydroxylation is 1. The largest absolute Gasteiger partial charge is 0.478 e. The van der Waals surface area contributed by atoms with E-state index in [1.165, 1.54) is 6.07 Å². The number of nitrogens with zero attached hydrogens (tertiary/aromatic N) is 3. The Morgan fingerprint density at radius 2 is 2.19 bits per heavy atom. The molecule has 0 radical (unpaired) electrons. The molecule has 0 bridgehead atoms. The van der Waals surface area contributed by atoms with Gasteiger partial charge in [0.1, 0.15) is 11.0 Å². The van der Waals surface area contributed by atoms with Crippen LogP contribution in [0.1, 0.15) is 36.0 Å². The van der Waals surface area contributed by atoms with Gasteiger partial charge >= 0.3 is 5.97 Å². The molecule has 1 aliphatic carbocycles. The summed E-state index contributed by atoms with van der Waals surface area (Å²) < 4.78 is 1.56. The molecule has 0 unspecified atom stereocenters. The molecule has 0 atom stereocenters. The predicted octanol–water partition coefficient (Wildman–Crippen LogP) is 1.19. The molecule has 0 saturated heterocycles. The first-order valence-electron chi connectivity index (χ1n) is 7.00. The molecule has 1 heterocycles. The lowest BCUT2D eigenvalue weighted by Crippen LogP contribution is -2.25. The van der Waals surface area contributed by atoms with Gasteiger partial charge in [0.05, 0.1) is 5.56 Å². The fraction of sp³-hybridized carbons (Fsp3) is 0.429. The Labute approximate surface area is 120 Å². The Morgan fingerprint density at radius 1 is 1.38 bits per heavy atom. The van der Waals surface area contributed by atoms with Crippen LogP contribution in [0.25, 0.3) is 11.0 Å². The molecule has 1 saturated carbocycles. The van der Waals surface area contributed by atoms with Crippen molar-refractivity contribution in [3.63, 3.8) is 0 Å². The van der Waals surface area contributed by atoms with Crippen LogP contribution in [0, 0.1) is 0 Å². The van der Waals surface area contributed by atoms with Gasteiger partial charge in [-0.3, -0.25) is 4.79 Å². The average Bonchev–Trinajstić information content (AvgIpc) is 3.17. The lowest BCUT2D eigenvalue weighted by molar-refractivity contribution is -0.121. The van der Waals surface area contributed by atoms with Gasteiger partial charge in [-0.15, -0.1) is 5.10 Å². The highest BCUT2D eigenvalue weighted by Gasteiger charge is 2.22. The number of carbonyl (C=O) groups is 2. The molecule has 0 spiro atoms. The van der Waals surface area contributed by atoms with E-state index in [0.29, 0.717) is 36.5 Å². The lowest BCUT2D eigenvalue weighted by atomic mass is 10.2. The first-order valence-corrected chi connectivity index (χ1v) is 7.00. The van der Waals surface area contributed by atoms with Gasteiger partial charge in [-0.2, -0.15) is 0 Å². The summed E-state index contributed by atoms with van der Waals surface area (Å²) in [5.74, 6) is -0.962. The predicted molar refractivity (Wildman–Crippen MR) is 74.9 cm³/mol. The minimum absolute atomic E-state index is 0.0420. The zero-order valence-corrected chi connectivity index (χ0v) is 11.5. The number of fused-ring (bicyclic) bond motifs is 1. The molecule has 3 rings (SSSR count). The van der Waals surface area contributed by atoms with Crippen molar-refractivity contribution in [3.8, 4) is 0 Å². The minimum Gasteiger partial charge on any atom is -0.478 e. The molecular weight excluding hydrogens is 272 g/mol. The van der Waals surface area contributed by atoms with Gasteiger partial charge in [-0.05, 0) is 31.4 Å². The maximum Gasteiger partial charge on any atom is 0.337 e. The number of carboxylic acids is 1. The lowest BCUT2D eigenvalue weighted by Gasteiger charge is -2.05. The van der Waals surface area contributed by atoms with Gasteiger partial charge in [-0.25, -0.2) is 9.48 Å². The van der Waals surface area contributed by atoms with Crippen molar-refractivity contribution in [1.29, 1.82) is 0 Å². The quantitative estimate of drug-likeness (QED) is 0.832. The fourth-order valence-corrected chi connectivity index (χ4v) is 2.28. The molecule has 7 nitrogen and oxygen atoms in total. The molecular formula is C14H16N4O3. The first kappa shape index (κ1) is 13.5. The van der Waals surface area contributed by atoms with Crippen LogP contribution in [-0.2, 0) is 11.3 Å². The molecule has 1 aromatic heterocycles. The van der Waals surface area contributed by atoms with E-state index in [4.69, 9.17) is 0 Å². The Morgan fingerprint density at radius 3 is 2.90 bits per heavy atom. The van der Waals surface area contributed by atoms with E-state index in [1.54, 1.807) is 16.8 Å². The smallest absolute Gasteiger partial charge is 0.337 e. The Hall–Kier alpha value is -2.44. The van der Waals surface area contributed by atoms with Crippen molar-refractivity contribution in [1.82, 2.24) is 20.3 Å². The minimum atomic E-state index is -1.00. The topological polar surface area (TPSA) is 97.1 Å². The molecule has 7 heteroatoms. The fourth-order valence-electron chi connectivity index (χ4n) is 2.28. The van der Waals surface area contributed by atoms with Crippen LogP contribution in [0.5, 0.6) is 0 Å². The summed E-state index contributed by atoms with van der Waals surface area (Å²) in [6.07, 6.45) is 3.15. The number of carboxylic acid groups (broad SMARTS) is 1. The van der Waals surface area contributed by atoms with E-state index in [1.807, 2.05) is 0 Å². The Balaban J connectivity index is 1.68. The average molecular weight is 288 g/mol. The van der Waals surface area contributed by atoms with Gasteiger partial charge < -0.3 is 10.4 Å². The van der Waals surface area contributed by atoms with Crippen molar-refractivity contribution in [3.05, 3.63) is 23.8 Å². The normalized spacial score (nSPS) is 14.3. The second-order valence-electron chi connectivity index (χ2n) is 5.24. The third kappa shape index (κ3) is 3.01. The van der Waals surface area contributed by atoms with Gasteiger partial charge in [0.2, 0.25) is 5.91 Å². The number of aromatic carboxylic acids is 1. The van der Waals surface area contributed by atoms with Crippen LogP contribution < -0.4 is 5.32 Å². The highest BCUT2D eigenvalue weighted by Crippen LogP contribution is 2.19. The van der Waals surface area contributed by atoms with Crippen LogP contribution in [-0.4, -0.2) is 38.0 Å². The number of rotatable bonds is 6. The molecule has 21 heavy (non-hydrogen) atoms. The zero-order chi connectivity index (χ0) is 14.8. The summed E-state index contributed by atoms with van der Waals surface area (Å²) in [5, 5.41) is 20.1. The molecule has 1 aliphatic rings. The molecule has 2 N–H and O–H groups in total. The number of hydrogen-bond acceptors (Lipinski definition) is 4. The van der Waals surface area contributed by atoms with Crippen LogP contribution in [0.3, 0.4) is 0 Å². The second-order valence-corrected chi connectivity index (χ2v) is 5.24. The molecule has 1 amide bonds.